The van der Waals surface area contributed by atoms with Crippen LogP contribution in [-0.4, -0.2) is 32.0 Å². The lowest BCUT2D eigenvalue weighted by molar-refractivity contribution is 0.373. The number of benzene rings is 2. The highest BCUT2D eigenvalue weighted by molar-refractivity contribution is 5.75. The van der Waals surface area contributed by atoms with Gasteiger partial charge in [-0.15, -0.1) is 0 Å². The van der Waals surface area contributed by atoms with Crippen LogP contribution in [0.4, 0.5) is 11.6 Å². The van der Waals surface area contributed by atoms with Crippen LogP contribution in [0.25, 0.3) is 11.0 Å². The molecule has 0 bridgehead atoms. The summed E-state index contributed by atoms with van der Waals surface area (Å²) in [7, 11) is 1.52. The van der Waals surface area contributed by atoms with E-state index in [1.54, 1.807) is 30.6 Å². The van der Waals surface area contributed by atoms with E-state index in [1.165, 1.54) is 18.2 Å². The maximum atomic E-state index is 9.97. The van der Waals surface area contributed by atoms with Gasteiger partial charge in [-0.3, -0.25) is 0 Å². The van der Waals surface area contributed by atoms with Crippen LogP contribution >= 0.6 is 0 Å². The van der Waals surface area contributed by atoms with E-state index in [9.17, 15) is 5.11 Å². The fourth-order valence-corrected chi connectivity index (χ4v) is 3.81. The second-order valence-corrected chi connectivity index (χ2v) is 6.83. The minimum Gasteiger partial charge on any atom is -0.504 e. The van der Waals surface area contributed by atoms with E-state index in [0.717, 1.165) is 23.9 Å². The van der Waals surface area contributed by atoms with Crippen LogP contribution in [0.1, 0.15) is 23.6 Å². The normalized spacial score (nSPS) is 15.5. The number of nitrogens with one attached hydrogen (secondary N) is 1. The van der Waals surface area contributed by atoms with E-state index in [-0.39, 0.29) is 11.8 Å². The average molecular weight is 373 g/mol. The Morgan fingerprint density at radius 3 is 2.93 bits per heavy atom. The summed E-state index contributed by atoms with van der Waals surface area (Å²) in [5.41, 5.74) is 4.14. The fraction of sp³-hybridized carbons (Fsp3) is 0.190. The number of ether oxygens (including phenoxy) is 1. The number of nitrogens with zero attached hydrogens (tertiary/aromatic N) is 4. The third-order valence-corrected chi connectivity index (χ3v) is 5.17. The molecular formula is C21H19N5O2. The Labute approximate surface area is 161 Å². The first kappa shape index (κ1) is 16.6. The van der Waals surface area contributed by atoms with Gasteiger partial charge in [0.15, 0.2) is 17.1 Å². The summed E-state index contributed by atoms with van der Waals surface area (Å²) in [6.45, 7) is 0. The van der Waals surface area contributed by atoms with Gasteiger partial charge in [0.25, 0.3) is 0 Å². The van der Waals surface area contributed by atoms with E-state index in [4.69, 9.17) is 4.74 Å². The van der Waals surface area contributed by atoms with Crippen LogP contribution in [0, 0.1) is 0 Å². The highest BCUT2D eigenvalue weighted by Crippen LogP contribution is 2.35. The van der Waals surface area contributed by atoms with Crippen LogP contribution in [-0.2, 0) is 6.42 Å². The van der Waals surface area contributed by atoms with Gasteiger partial charge < -0.3 is 15.2 Å². The second kappa shape index (κ2) is 6.53. The number of rotatable bonds is 4. The first-order valence-corrected chi connectivity index (χ1v) is 9.15. The SMILES string of the molecule is COc1ccc(Nc2ncc3cnn([C@@H]4CCc5ccccc54)c3n2)cc1O. The number of hydrogen-bond acceptors (Lipinski definition) is 6. The van der Waals surface area contributed by atoms with Gasteiger partial charge in [-0.2, -0.15) is 10.1 Å². The summed E-state index contributed by atoms with van der Waals surface area (Å²) in [6, 6.07) is 13.8. The predicted molar refractivity (Wildman–Crippen MR) is 106 cm³/mol. The molecule has 0 saturated heterocycles. The molecule has 0 spiro atoms. The third-order valence-electron chi connectivity index (χ3n) is 5.17. The van der Waals surface area contributed by atoms with Gasteiger partial charge in [-0.05, 0) is 36.1 Å². The molecule has 7 heteroatoms. The Balaban J connectivity index is 1.50. The van der Waals surface area contributed by atoms with Crippen molar-refractivity contribution in [3.8, 4) is 11.5 Å². The summed E-state index contributed by atoms with van der Waals surface area (Å²) in [5.74, 6) is 0.922. The lowest BCUT2D eigenvalue weighted by atomic mass is 10.1. The first-order valence-electron chi connectivity index (χ1n) is 9.15. The van der Waals surface area contributed by atoms with Crippen LogP contribution in [0.5, 0.6) is 11.5 Å². The maximum absolute atomic E-state index is 9.97. The Kier molecular flexibility index (Phi) is 3.86. The molecule has 1 atom stereocenters. The Morgan fingerprint density at radius 1 is 1.18 bits per heavy atom. The molecule has 2 heterocycles. The van der Waals surface area contributed by atoms with Gasteiger partial charge >= 0.3 is 0 Å². The van der Waals surface area contributed by atoms with Crippen LogP contribution in [0.3, 0.4) is 0 Å². The van der Waals surface area contributed by atoms with Gasteiger partial charge in [0, 0.05) is 18.0 Å². The van der Waals surface area contributed by atoms with Crippen molar-refractivity contribution in [2.24, 2.45) is 0 Å². The summed E-state index contributed by atoms with van der Waals surface area (Å²) < 4.78 is 7.06. The number of aryl methyl sites for hydroxylation is 1. The third kappa shape index (κ3) is 2.72. The van der Waals surface area contributed by atoms with Gasteiger partial charge in [-0.1, -0.05) is 24.3 Å². The van der Waals surface area contributed by atoms with E-state index in [2.05, 4.69) is 44.6 Å². The molecule has 1 aliphatic carbocycles. The number of methoxy groups -OCH3 is 1. The highest BCUT2D eigenvalue weighted by atomic mass is 16.5. The molecule has 140 valence electrons. The molecule has 0 amide bonds. The molecule has 0 saturated carbocycles. The van der Waals surface area contributed by atoms with Gasteiger partial charge in [0.05, 0.1) is 24.7 Å². The molecule has 5 rings (SSSR count). The van der Waals surface area contributed by atoms with Crippen LogP contribution < -0.4 is 10.1 Å². The number of aromatic hydroxyl groups is 1. The minimum absolute atomic E-state index is 0.0567. The Bertz CT molecular complexity index is 1170. The summed E-state index contributed by atoms with van der Waals surface area (Å²) in [6.07, 6.45) is 5.62. The van der Waals surface area contributed by atoms with Gasteiger partial charge in [-0.25, -0.2) is 9.67 Å². The topological polar surface area (TPSA) is 85.1 Å². The number of aromatic nitrogens is 4. The van der Waals surface area contributed by atoms with Crippen molar-refractivity contribution in [3.63, 3.8) is 0 Å². The fourth-order valence-electron chi connectivity index (χ4n) is 3.81. The van der Waals surface area contributed by atoms with Crippen LogP contribution in [0.15, 0.2) is 54.9 Å². The predicted octanol–water partition coefficient (Wildman–Crippen LogP) is 3.82. The van der Waals surface area contributed by atoms with Crippen LogP contribution in [0.2, 0.25) is 0 Å². The summed E-state index contributed by atoms with van der Waals surface area (Å²) in [5, 5.41) is 18.6. The number of phenolic OH excluding ortho intramolecular Hbond substituents is 1. The molecule has 2 N–H and O–H groups in total. The molecule has 0 aliphatic heterocycles. The molecule has 0 unspecified atom stereocenters. The Morgan fingerprint density at radius 2 is 2.07 bits per heavy atom. The summed E-state index contributed by atoms with van der Waals surface area (Å²) in [4.78, 5) is 9.06. The zero-order valence-corrected chi connectivity index (χ0v) is 15.3. The molecule has 7 nitrogen and oxygen atoms in total. The van der Waals surface area contributed by atoms with Crippen molar-refractivity contribution in [2.45, 2.75) is 18.9 Å². The first-order chi connectivity index (χ1) is 13.7. The number of phenols is 1. The van der Waals surface area contributed by atoms with Crippen molar-refractivity contribution >= 4 is 22.7 Å². The summed E-state index contributed by atoms with van der Waals surface area (Å²) >= 11 is 0. The van der Waals surface area contributed by atoms with E-state index in [1.807, 2.05) is 4.68 Å². The minimum atomic E-state index is 0.0567. The lowest BCUT2D eigenvalue weighted by Crippen LogP contribution is -2.10. The maximum Gasteiger partial charge on any atom is 0.229 e. The molecule has 1 aliphatic rings. The van der Waals surface area contributed by atoms with Gasteiger partial charge in [0.1, 0.15) is 0 Å². The molecule has 2 aromatic carbocycles. The smallest absolute Gasteiger partial charge is 0.229 e. The number of fused-ring (bicyclic) bond motifs is 2. The van der Waals surface area contributed by atoms with Gasteiger partial charge in [0.2, 0.25) is 5.95 Å². The molecule has 4 aromatic rings. The molecule has 28 heavy (non-hydrogen) atoms. The largest absolute Gasteiger partial charge is 0.504 e. The van der Waals surface area contributed by atoms with E-state index >= 15 is 0 Å². The van der Waals surface area contributed by atoms with Crippen molar-refractivity contribution in [1.82, 2.24) is 19.7 Å². The second-order valence-electron chi connectivity index (χ2n) is 6.83. The zero-order chi connectivity index (χ0) is 19.1. The zero-order valence-electron chi connectivity index (χ0n) is 15.3. The van der Waals surface area contributed by atoms with Crippen molar-refractivity contribution in [2.75, 3.05) is 12.4 Å². The van der Waals surface area contributed by atoms with Crippen molar-refractivity contribution in [1.29, 1.82) is 0 Å². The standard InChI is InChI=1S/C21H19N5O2/c1-28-19-9-7-15(10-18(19)27)24-21-22-11-14-12-23-26(20(14)25-21)17-8-6-13-4-2-3-5-16(13)17/h2-5,7,9-12,17,27H,6,8H2,1H3,(H,22,24,25)/t17-/m1/s1. The molecule has 2 aromatic heterocycles. The quantitative estimate of drug-likeness (QED) is 0.566. The molecular weight excluding hydrogens is 354 g/mol. The lowest BCUT2D eigenvalue weighted by Gasteiger charge is -2.13. The highest BCUT2D eigenvalue weighted by Gasteiger charge is 2.26. The van der Waals surface area contributed by atoms with Crippen molar-refractivity contribution < 1.29 is 9.84 Å². The Hall–Kier alpha value is -3.61. The number of anilines is 2. The van der Waals surface area contributed by atoms with E-state index < -0.39 is 0 Å². The van der Waals surface area contributed by atoms with E-state index in [0.29, 0.717) is 17.4 Å². The molecule has 0 radical (unpaired) electrons. The number of hydrogen-bond donors (Lipinski definition) is 2. The molecule has 0 fully saturated rings. The monoisotopic (exact) mass is 373 g/mol. The van der Waals surface area contributed by atoms with Crippen molar-refractivity contribution in [3.05, 3.63) is 66.0 Å². The average Bonchev–Trinajstić information content (AvgIpc) is 3.31.